The molecule has 0 radical (unpaired) electrons. The number of pyridine rings is 1. The second-order valence-electron chi connectivity index (χ2n) is 9.26. The summed E-state index contributed by atoms with van der Waals surface area (Å²) in [5.74, 6) is -0.482. The van der Waals surface area contributed by atoms with Gasteiger partial charge in [-0.05, 0) is 19.9 Å². The first kappa shape index (κ1) is 24.0. The van der Waals surface area contributed by atoms with Crippen molar-refractivity contribution in [2.24, 2.45) is 0 Å². The maximum Gasteiger partial charge on any atom is 0.261 e. The monoisotopic (exact) mass is 518 g/mol. The number of thiol groups is 1. The molecule has 4 heterocycles. The van der Waals surface area contributed by atoms with Crippen LogP contribution in [0.5, 0.6) is 0 Å². The highest BCUT2D eigenvalue weighted by molar-refractivity contribution is 7.80. The molecule has 0 aliphatic carbocycles. The number of halogens is 3. The number of anilines is 2. The van der Waals surface area contributed by atoms with Gasteiger partial charge < -0.3 is 5.32 Å². The molecule has 1 saturated heterocycles. The van der Waals surface area contributed by atoms with Crippen LogP contribution in [0.15, 0.2) is 30.6 Å². The molecule has 2 aromatic heterocycles. The summed E-state index contributed by atoms with van der Waals surface area (Å²) < 4.78 is 31.5. The Labute approximate surface area is 212 Å². The number of fused-ring (bicyclic) bond motifs is 1. The molecule has 7 nitrogen and oxygen atoms in total. The van der Waals surface area contributed by atoms with Gasteiger partial charge in [-0.25, -0.2) is 13.8 Å². The third-order valence-electron chi connectivity index (χ3n) is 6.85. The summed E-state index contributed by atoms with van der Waals surface area (Å²) in [4.78, 5) is 21.4. The topological polar surface area (TPSA) is 77.2 Å². The van der Waals surface area contributed by atoms with Crippen molar-refractivity contribution in [3.8, 4) is 0 Å². The largest absolute Gasteiger partial charge is 0.362 e. The van der Waals surface area contributed by atoms with Crippen LogP contribution in [0.2, 0.25) is 5.02 Å². The van der Waals surface area contributed by atoms with E-state index in [1.54, 1.807) is 32.2 Å². The quantitative estimate of drug-likeness (QED) is 0.429. The summed E-state index contributed by atoms with van der Waals surface area (Å²) in [5, 5.41) is 9.93. The number of rotatable bonds is 6. The van der Waals surface area contributed by atoms with Gasteiger partial charge in [-0.3, -0.25) is 19.7 Å². The number of carbonyl (C=O) groups is 1. The maximum absolute atomic E-state index is 16.2. The van der Waals surface area contributed by atoms with Crippen LogP contribution in [-0.2, 0) is 5.41 Å². The number of carbonyl (C=O) groups excluding carboxylic acids is 1. The van der Waals surface area contributed by atoms with Gasteiger partial charge in [0, 0.05) is 60.2 Å². The maximum atomic E-state index is 16.2. The molecule has 0 saturated carbocycles. The van der Waals surface area contributed by atoms with Crippen LogP contribution in [0.3, 0.4) is 0 Å². The number of nitrogens with zero attached hydrogens (tertiary/aromatic N) is 4. The van der Waals surface area contributed by atoms with Crippen molar-refractivity contribution in [1.29, 1.82) is 0 Å². The molecular weight excluding hydrogens is 494 g/mol. The normalized spacial score (nSPS) is 20.6. The summed E-state index contributed by atoms with van der Waals surface area (Å²) >= 11 is 10.4. The Hall–Kier alpha value is -2.69. The van der Waals surface area contributed by atoms with Gasteiger partial charge in [-0.15, -0.1) is 0 Å². The second-order valence-corrected chi connectivity index (χ2v) is 10.1. The first-order valence-electron chi connectivity index (χ1n) is 11.3. The second kappa shape index (κ2) is 9.07. The summed E-state index contributed by atoms with van der Waals surface area (Å²) in [6.07, 6.45) is 2.96. The lowest BCUT2D eigenvalue weighted by molar-refractivity contribution is 0.0967. The molecule has 35 heavy (non-hydrogen) atoms. The van der Waals surface area contributed by atoms with Gasteiger partial charge in [-0.2, -0.15) is 17.7 Å². The highest BCUT2D eigenvalue weighted by Crippen LogP contribution is 2.45. The number of hydrogen-bond acceptors (Lipinski definition) is 6. The number of hydrogen-bond donors (Lipinski definition) is 3. The first-order valence-corrected chi connectivity index (χ1v) is 12.3. The molecule has 11 heteroatoms. The van der Waals surface area contributed by atoms with Crippen LogP contribution < -0.4 is 10.2 Å². The molecule has 184 valence electrons. The van der Waals surface area contributed by atoms with E-state index in [-0.39, 0.29) is 40.1 Å². The van der Waals surface area contributed by atoms with E-state index in [1.807, 2.05) is 0 Å². The highest BCUT2D eigenvalue weighted by atomic mass is 35.5. The van der Waals surface area contributed by atoms with Crippen LogP contribution in [0.25, 0.3) is 0 Å². The average molecular weight is 519 g/mol. The van der Waals surface area contributed by atoms with E-state index >= 15 is 8.78 Å². The lowest BCUT2D eigenvalue weighted by atomic mass is 9.71. The van der Waals surface area contributed by atoms with E-state index in [0.717, 1.165) is 31.0 Å². The number of aryl methyl sites for hydroxylation is 1. The van der Waals surface area contributed by atoms with Gasteiger partial charge in [0.15, 0.2) is 11.6 Å². The zero-order chi connectivity index (χ0) is 24.9. The first-order chi connectivity index (χ1) is 16.7. The van der Waals surface area contributed by atoms with Crippen LogP contribution in [-0.4, -0.2) is 64.0 Å². The van der Waals surface area contributed by atoms with Crippen LogP contribution in [0.1, 0.15) is 34.0 Å². The minimum Gasteiger partial charge on any atom is -0.362 e. The van der Waals surface area contributed by atoms with Crippen molar-refractivity contribution in [1.82, 2.24) is 20.1 Å². The van der Waals surface area contributed by atoms with Gasteiger partial charge in [0.1, 0.15) is 11.6 Å². The molecule has 2 N–H and O–H groups in total. The highest BCUT2D eigenvalue weighted by Gasteiger charge is 2.47. The smallest absolute Gasteiger partial charge is 0.261 e. The lowest BCUT2D eigenvalue weighted by Crippen LogP contribution is -2.55. The summed E-state index contributed by atoms with van der Waals surface area (Å²) in [6.45, 7) is 5.84. The Bertz CT molecular complexity index is 1300. The van der Waals surface area contributed by atoms with Crippen LogP contribution in [0.4, 0.5) is 20.4 Å². The number of nitrogens with one attached hydrogen (secondary N) is 2. The predicted molar refractivity (Wildman–Crippen MR) is 135 cm³/mol. The van der Waals surface area contributed by atoms with Crippen molar-refractivity contribution in [3.05, 3.63) is 69.5 Å². The molecule has 5 rings (SSSR count). The number of aromatic amines is 1. The molecule has 2 aliphatic rings. The van der Waals surface area contributed by atoms with Gasteiger partial charge in [0.05, 0.1) is 22.8 Å². The molecule has 1 fully saturated rings. The van der Waals surface area contributed by atoms with Crippen molar-refractivity contribution < 1.29 is 13.6 Å². The fourth-order valence-corrected chi connectivity index (χ4v) is 5.48. The van der Waals surface area contributed by atoms with Crippen molar-refractivity contribution in [3.63, 3.8) is 0 Å². The number of amides is 1. The van der Waals surface area contributed by atoms with Gasteiger partial charge in [-0.1, -0.05) is 23.7 Å². The molecule has 0 bridgehead atoms. The van der Waals surface area contributed by atoms with E-state index in [4.69, 9.17) is 11.6 Å². The minimum atomic E-state index is -1.25. The fourth-order valence-electron chi connectivity index (χ4n) is 5.02. The molecule has 0 unspecified atom stereocenters. The van der Waals surface area contributed by atoms with Gasteiger partial charge in [0.25, 0.3) is 5.91 Å². The SMILES string of the molecule is Cc1cn[nH]c1N1C[C@](C)(c2cccc(Cl)c2F)c2c(cnc(NC3CN(CCS)C3)c2F)C1=O. The Morgan fingerprint density at radius 1 is 1.29 bits per heavy atom. The summed E-state index contributed by atoms with van der Waals surface area (Å²) in [5.41, 5.74) is -0.156. The molecule has 1 amide bonds. The van der Waals surface area contributed by atoms with Crippen molar-refractivity contribution in [2.45, 2.75) is 25.3 Å². The molecule has 1 aromatic carbocycles. The molecule has 1 atom stereocenters. The van der Waals surface area contributed by atoms with Crippen LogP contribution in [0, 0.1) is 18.6 Å². The predicted octanol–water partition coefficient (Wildman–Crippen LogP) is 4.04. The standard InChI is InChI=1S/C24H25ClF2N6OS/c1-13-8-29-31-22(13)33-12-24(2,16-4-3-5-17(25)19(16)26)18-15(23(33)34)9-28-21(20(18)27)30-14-10-32(11-14)6-7-35/h3-5,8-9,14,35H,6-7,10-12H2,1-2H3,(H,28,30)(H,29,31)/t24-/m1/s1. The lowest BCUT2D eigenvalue weighted by Gasteiger charge is -2.43. The number of aromatic nitrogens is 3. The summed E-state index contributed by atoms with van der Waals surface area (Å²) in [7, 11) is 0. The number of H-pyrrole nitrogens is 1. The molecule has 2 aliphatic heterocycles. The van der Waals surface area contributed by atoms with Crippen molar-refractivity contribution in [2.75, 3.05) is 42.1 Å². The van der Waals surface area contributed by atoms with Crippen LogP contribution >= 0.6 is 24.2 Å². The fraction of sp³-hybridized carbons (Fsp3) is 0.375. The van der Waals surface area contributed by atoms with Gasteiger partial charge in [0.2, 0.25) is 0 Å². The molecule has 0 spiro atoms. The minimum absolute atomic E-state index is 0.0152. The third-order valence-corrected chi connectivity index (χ3v) is 7.35. The zero-order valence-electron chi connectivity index (χ0n) is 19.3. The third kappa shape index (κ3) is 3.97. The van der Waals surface area contributed by atoms with E-state index < -0.39 is 23.0 Å². The number of benzene rings is 1. The Morgan fingerprint density at radius 3 is 2.74 bits per heavy atom. The van der Waals surface area contributed by atoms with E-state index in [2.05, 4.69) is 38.0 Å². The van der Waals surface area contributed by atoms with Crippen molar-refractivity contribution >= 4 is 41.8 Å². The number of likely N-dealkylation sites (tertiary alicyclic amines) is 1. The average Bonchev–Trinajstić information content (AvgIpc) is 3.23. The van der Waals surface area contributed by atoms with Gasteiger partial charge >= 0.3 is 0 Å². The Kier molecular flexibility index (Phi) is 6.23. The Balaban J connectivity index is 1.62. The van der Waals surface area contributed by atoms with E-state index in [0.29, 0.717) is 5.82 Å². The molecule has 3 aromatic rings. The van der Waals surface area contributed by atoms with E-state index in [1.165, 1.54) is 17.2 Å². The molecular formula is C24H25ClF2N6OS. The zero-order valence-corrected chi connectivity index (χ0v) is 20.9. The van der Waals surface area contributed by atoms with E-state index in [9.17, 15) is 4.79 Å². The summed E-state index contributed by atoms with van der Waals surface area (Å²) in [6, 6.07) is 4.66. The Morgan fingerprint density at radius 2 is 2.06 bits per heavy atom.